The molecule has 9 heteroatoms. The molecule has 0 saturated carbocycles. The summed E-state index contributed by atoms with van der Waals surface area (Å²) in [7, 11) is 0. The van der Waals surface area contributed by atoms with Gasteiger partial charge in [-0.25, -0.2) is 4.98 Å². The minimum Gasteiger partial charge on any atom is -0.360 e. The zero-order chi connectivity index (χ0) is 12.3. The average Bonchev–Trinajstić information content (AvgIpc) is 2.86. The second kappa shape index (κ2) is 4.70. The van der Waals surface area contributed by atoms with E-state index in [1.807, 2.05) is 0 Å². The van der Waals surface area contributed by atoms with Crippen LogP contribution in [0, 0.1) is 0 Å². The van der Waals surface area contributed by atoms with Crippen molar-refractivity contribution in [2.24, 2.45) is 0 Å². The summed E-state index contributed by atoms with van der Waals surface area (Å²) in [6.45, 7) is 0.467. The van der Waals surface area contributed by atoms with Crippen LogP contribution in [-0.2, 0) is 12.6 Å². The molecule has 0 aromatic carbocycles. The van der Waals surface area contributed by atoms with Gasteiger partial charge in [0.25, 0.3) is 0 Å². The minimum atomic E-state index is -4.43. The van der Waals surface area contributed by atoms with Crippen molar-refractivity contribution >= 4 is 16.5 Å². The summed E-state index contributed by atoms with van der Waals surface area (Å²) >= 11 is 0.493. The quantitative estimate of drug-likeness (QED) is 0.884. The molecule has 0 spiro atoms. The van der Waals surface area contributed by atoms with Gasteiger partial charge < -0.3 is 10.3 Å². The van der Waals surface area contributed by atoms with Gasteiger partial charge in [-0.15, -0.1) is 10.2 Å². The van der Waals surface area contributed by atoms with Crippen LogP contribution in [0.25, 0.3) is 0 Å². The van der Waals surface area contributed by atoms with Crippen molar-refractivity contribution in [2.45, 2.75) is 12.6 Å². The van der Waals surface area contributed by atoms with E-state index >= 15 is 0 Å². The highest BCUT2D eigenvalue weighted by Crippen LogP contribution is 2.32. The number of nitrogens with zero attached hydrogens (tertiary/aromatic N) is 3. The van der Waals surface area contributed by atoms with Crippen LogP contribution < -0.4 is 5.32 Å². The maximum Gasteiger partial charge on any atom is 0.445 e. The summed E-state index contributed by atoms with van der Waals surface area (Å²) in [6.07, 6.45) is -0.604. The number of imidazole rings is 1. The Balaban J connectivity index is 1.85. The summed E-state index contributed by atoms with van der Waals surface area (Å²) in [5.41, 5.74) is 0.901. The molecule has 0 fully saturated rings. The second-order valence-corrected chi connectivity index (χ2v) is 4.14. The van der Waals surface area contributed by atoms with E-state index in [-0.39, 0.29) is 5.13 Å². The second-order valence-electron chi connectivity index (χ2n) is 3.16. The van der Waals surface area contributed by atoms with E-state index in [2.05, 4.69) is 25.5 Å². The molecule has 0 amide bonds. The molecule has 2 heterocycles. The van der Waals surface area contributed by atoms with Crippen LogP contribution >= 0.6 is 11.3 Å². The summed E-state index contributed by atoms with van der Waals surface area (Å²) in [5.74, 6) is 0. The first-order valence-corrected chi connectivity index (χ1v) is 5.49. The maximum absolute atomic E-state index is 12.2. The zero-order valence-corrected chi connectivity index (χ0v) is 9.27. The minimum absolute atomic E-state index is 0.164. The molecule has 0 unspecified atom stereocenters. The Morgan fingerprint density at radius 1 is 1.35 bits per heavy atom. The molecule has 0 aliphatic carbocycles. The van der Waals surface area contributed by atoms with Gasteiger partial charge in [-0.3, -0.25) is 0 Å². The van der Waals surface area contributed by atoms with Crippen LogP contribution in [0.1, 0.15) is 10.7 Å². The zero-order valence-electron chi connectivity index (χ0n) is 8.45. The van der Waals surface area contributed by atoms with Crippen LogP contribution in [0.15, 0.2) is 12.5 Å². The molecular weight excluding hydrogens is 255 g/mol. The van der Waals surface area contributed by atoms with Crippen LogP contribution in [0.3, 0.4) is 0 Å². The Morgan fingerprint density at radius 3 is 2.76 bits per heavy atom. The number of H-pyrrole nitrogens is 1. The van der Waals surface area contributed by atoms with Gasteiger partial charge in [0.15, 0.2) is 0 Å². The lowest BCUT2D eigenvalue weighted by molar-refractivity contribution is -0.138. The smallest absolute Gasteiger partial charge is 0.360 e. The lowest BCUT2D eigenvalue weighted by Gasteiger charge is -2.00. The number of anilines is 1. The number of rotatable bonds is 4. The Bertz CT molecular complexity index is 464. The fourth-order valence-corrected chi connectivity index (χ4v) is 1.77. The van der Waals surface area contributed by atoms with Gasteiger partial charge >= 0.3 is 6.18 Å². The molecule has 5 nitrogen and oxygen atoms in total. The fraction of sp³-hybridized carbons (Fsp3) is 0.375. The first-order chi connectivity index (χ1) is 8.05. The van der Waals surface area contributed by atoms with Crippen LogP contribution in [0.5, 0.6) is 0 Å². The lowest BCUT2D eigenvalue weighted by Crippen LogP contribution is -2.04. The topological polar surface area (TPSA) is 66.5 Å². The highest BCUT2D eigenvalue weighted by atomic mass is 32.1. The summed E-state index contributed by atoms with van der Waals surface area (Å²) in [5, 5.41) is 8.47. The molecule has 0 atom stereocenters. The number of halogens is 3. The third-order valence-corrected chi connectivity index (χ3v) is 2.82. The van der Waals surface area contributed by atoms with Gasteiger partial charge in [0, 0.05) is 24.9 Å². The molecule has 0 saturated heterocycles. The number of aromatic amines is 1. The standard InChI is InChI=1S/C8H8F3N5S/c9-8(10,11)6-15-16-7(17-6)13-2-1-5-3-12-4-14-5/h3-4H,1-2H2,(H,12,14)(H,13,16). The van der Waals surface area contributed by atoms with Crippen LogP contribution in [0.4, 0.5) is 18.3 Å². The molecule has 0 radical (unpaired) electrons. The first-order valence-electron chi connectivity index (χ1n) is 4.67. The van der Waals surface area contributed by atoms with Gasteiger partial charge in [-0.2, -0.15) is 13.2 Å². The predicted molar refractivity (Wildman–Crippen MR) is 55.7 cm³/mol. The van der Waals surface area contributed by atoms with Crippen molar-refractivity contribution in [3.05, 3.63) is 23.2 Å². The molecule has 92 valence electrons. The number of hydrogen-bond donors (Lipinski definition) is 2. The fourth-order valence-electron chi connectivity index (χ4n) is 1.13. The molecule has 0 bridgehead atoms. The summed E-state index contributed by atoms with van der Waals surface area (Å²) in [4.78, 5) is 6.72. The highest BCUT2D eigenvalue weighted by molar-refractivity contribution is 7.15. The van der Waals surface area contributed by atoms with Gasteiger partial charge in [-0.1, -0.05) is 11.3 Å². The Morgan fingerprint density at radius 2 is 2.18 bits per heavy atom. The first kappa shape index (κ1) is 11.8. The van der Waals surface area contributed by atoms with Crippen LogP contribution in [-0.4, -0.2) is 26.7 Å². The van der Waals surface area contributed by atoms with E-state index in [1.165, 1.54) is 0 Å². The largest absolute Gasteiger partial charge is 0.445 e. The van der Waals surface area contributed by atoms with Gasteiger partial charge in [0.2, 0.25) is 10.1 Å². The van der Waals surface area contributed by atoms with E-state index in [0.29, 0.717) is 24.3 Å². The lowest BCUT2D eigenvalue weighted by atomic mass is 10.3. The molecule has 2 N–H and O–H groups in total. The molecule has 0 aliphatic heterocycles. The Labute approximate surface area is 98.1 Å². The highest BCUT2D eigenvalue weighted by Gasteiger charge is 2.35. The van der Waals surface area contributed by atoms with E-state index in [9.17, 15) is 13.2 Å². The number of aromatic nitrogens is 4. The van der Waals surface area contributed by atoms with Crippen molar-refractivity contribution < 1.29 is 13.2 Å². The van der Waals surface area contributed by atoms with Crippen molar-refractivity contribution in [2.75, 3.05) is 11.9 Å². The molecule has 2 aromatic rings. The summed E-state index contributed by atoms with van der Waals surface area (Å²) < 4.78 is 36.6. The van der Waals surface area contributed by atoms with Crippen molar-refractivity contribution in [3.8, 4) is 0 Å². The van der Waals surface area contributed by atoms with Gasteiger partial charge in [0.05, 0.1) is 6.33 Å². The Kier molecular flexibility index (Phi) is 3.27. The number of nitrogens with one attached hydrogen (secondary N) is 2. The van der Waals surface area contributed by atoms with E-state index in [1.54, 1.807) is 12.5 Å². The van der Waals surface area contributed by atoms with Crippen molar-refractivity contribution in [1.82, 2.24) is 20.2 Å². The van der Waals surface area contributed by atoms with Crippen molar-refractivity contribution in [1.29, 1.82) is 0 Å². The molecule has 17 heavy (non-hydrogen) atoms. The van der Waals surface area contributed by atoms with Crippen molar-refractivity contribution in [3.63, 3.8) is 0 Å². The SMILES string of the molecule is FC(F)(F)c1nnc(NCCc2cnc[nH]2)s1. The molecule has 2 aromatic heterocycles. The van der Waals surface area contributed by atoms with E-state index < -0.39 is 11.2 Å². The predicted octanol–water partition coefficient (Wildman–Crippen LogP) is 1.93. The monoisotopic (exact) mass is 263 g/mol. The normalized spacial score (nSPS) is 11.7. The molecule has 2 rings (SSSR count). The van der Waals surface area contributed by atoms with Crippen LogP contribution in [0.2, 0.25) is 0 Å². The average molecular weight is 263 g/mol. The Hall–Kier alpha value is -1.64. The summed E-state index contributed by atoms with van der Waals surface area (Å²) in [6, 6.07) is 0. The third kappa shape index (κ3) is 3.16. The molecule has 0 aliphatic rings. The van der Waals surface area contributed by atoms with Gasteiger partial charge in [0.1, 0.15) is 0 Å². The van der Waals surface area contributed by atoms with Gasteiger partial charge in [-0.05, 0) is 0 Å². The molecular formula is C8H8F3N5S. The number of alkyl halides is 3. The van der Waals surface area contributed by atoms with E-state index in [0.717, 1.165) is 5.69 Å². The third-order valence-electron chi connectivity index (χ3n) is 1.89. The number of hydrogen-bond acceptors (Lipinski definition) is 5. The van der Waals surface area contributed by atoms with E-state index in [4.69, 9.17) is 0 Å². The maximum atomic E-state index is 12.2.